The molecular weight excluding hydrogens is 356 g/mol. The van der Waals surface area contributed by atoms with E-state index >= 15 is 0 Å². The molecule has 0 aliphatic carbocycles. The molecule has 7 nitrogen and oxygen atoms in total. The number of benzene rings is 2. The van der Waals surface area contributed by atoms with E-state index in [1.54, 1.807) is 36.0 Å². The Bertz CT molecular complexity index is 1110. The molecule has 7 heteroatoms. The van der Waals surface area contributed by atoms with E-state index in [-0.39, 0.29) is 5.75 Å². The summed E-state index contributed by atoms with van der Waals surface area (Å²) >= 11 is 0. The van der Waals surface area contributed by atoms with Crippen molar-refractivity contribution in [3.05, 3.63) is 66.4 Å². The number of rotatable bonds is 6. The van der Waals surface area contributed by atoms with Crippen LogP contribution in [0.2, 0.25) is 0 Å². The van der Waals surface area contributed by atoms with Gasteiger partial charge in [-0.25, -0.2) is 9.50 Å². The van der Waals surface area contributed by atoms with Gasteiger partial charge in [-0.2, -0.15) is 0 Å². The van der Waals surface area contributed by atoms with E-state index < -0.39 is 0 Å². The lowest BCUT2D eigenvalue weighted by Gasteiger charge is -2.09. The standard InChI is InChI=1S/C21H20N4O3/c1-27-16-6-3-14(4-7-16)12-22-20-9-10-21-23-13-17(25(21)24-20)15-5-8-18(26)19(11-15)28-2/h3-11,13,26H,12H2,1-2H3,(H,22,24). The molecule has 0 spiro atoms. The van der Waals surface area contributed by atoms with Gasteiger partial charge in [0.2, 0.25) is 0 Å². The molecule has 2 aromatic heterocycles. The summed E-state index contributed by atoms with van der Waals surface area (Å²) in [5.74, 6) is 2.06. The van der Waals surface area contributed by atoms with Crippen molar-refractivity contribution in [2.45, 2.75) is 6.54 Å². The number of ether oxygens (including phenoxy) is 2. The smallest absolute Gasteiger partial charge is 0.161 e. The molecule has 0 atom stereocenters. The minimum absolute atomic E-state index is 0.0925. The third-order valence-electron chi connectivity index (χ3n) is 4.47. The summed E-state index contributed by atoms with van der Waals surface area (Å²) in [5, 5.41) is 17.8. The molecule has 0 amide bonds. The van der Waals surface area contributed by atoms with Crippen molar-refractivity contribution in [2.24, 2.45) is 0 Å². The minimum Gasteiger partial charge on any atom is -0.504 e. The molecule has 4 rings (SSSR count). The van der Waals surface area contributed by atoms with Crippen LogP contribution in [0.5, 0.6) is 17.2 Å². The summed E-state index contributed by atoms with van der Waals surface area (Å²) in [6.45, 7) is 0.638. The predicted octanol–water partition coefficient (Wildman–Crippen LogP) is 3.73. The first-order valence-electron chi connectivity index (χ1n) is 8.77. The van der Waals surface area contributed by atoms with Crippen LogP contribution in [0.15, 0.2) is 60.8 Å². The van der Waals surface area contributed by atoms with Gasteiger partial charge in [-0.3, -0.25) is 0 Å². The number of aromatic nitrogens is 3. The number of nitrogens with one attached hydrogen (secondary N) is 1. The highest BCUT2D eigenvalue weighted by atomic mass is 16.5. The second-order valence-electron chi connectivity index (χ2n) is 6.22. The number of phenols is 1. The average Bonchev–Trinajstić information content (AvgIpc) is 3.16. The Labute approximate surface area is 162 Å². The van der Waals surface area contributed by atoms with Gasteiger partial charge in [0, 0.05) is 12.1 Å². The van der Waals surface area contributed by atoms with Gasteiger partial charge in [0.25, 0.3) is 0 Å². The lowest BCUT2D eigenvalue weighted by atomic mass is 10.1. The molecule has 2 N–H and O–H groups in total. The minimum atomic E-state index is 0.0925. The van der Waals surface area contributed by atoms with Gasteiger partial charge < -0.3 is 19.9 Å². The van der Waals surface area contributed by atoms with Crippen LogP contribution in [-0.4, -0.2) is 33.9 Å². The van der Waals surface area contributed by atoms with Crippen molar-refractivity contribution in [3.8, 4) is 28.5 Å². The molecule has 2 aromatic carbocycles. The monoisotopic (exact) mass is 376 g/mol. The van der Waals surface area contributed by atoms with E-state index in [1.807, 2.05) is 36.4 Å². The summed E-state index contributed by atoms with van der Waals surface area (Å²) in [4.78, 5) is 4.41. The summed E-state index contributed by atoms with van der Waals surface area (Å²) in [6.07, 6.45) is 1.75. The first kappa shape index (κ1) is 17.7. The summed E-state index contributed by atoms with van der Waals surface area (Å²) in [7, 11) is 3.17. The highest BCUT2D eigenvalue weighted by Gasteiger charge is 2.11. The Kier molecular flexibility index (Phi) is 4.72. The van der Waals surface area contributed by atoms with Crippen molar-refractivity contribution in [2.75, 3.05) is 19.5 Å². The third-order valence-corrected chi connectivity index (χ3v) is 4.47. The van der Waals surface area contributed by atoms with Crippen LogP contribution >= 0.6 is 0 Å². The van der Waals surface area contributed by atoms with Crippen LogP contribution in [0.3, 0.4) is 0 Å². The number of nitrogens with zero attached hydrogens (tertiary/aromatic N) is 3. The van der Waals surface area contributed by atoms with Crippen molar-refractivity contribution >= 4 is 11.5 Å². The van der Waals surface area contributed by atoms with Crippen molar-refractivity contribution in [1.82, 2.24) is 14.6 Å². The maximum Gasteiger partial charge on any atom is 0.161 e. The SMILES string of the molecule is COc1ccc(CNc2ccc3ncc(-c4ccc(O)c(OC)c4)n3n2)cc1. The van der Waals surface area contributed by atoms with Gasteiger partial charge in [0.15, 0.2) is 17.1 Å². The number of aromatic hydroxyl groups is 1. The van der Waals surface area contributed by atoms with Gasteiger partial charge >= 0.3 is 0 Å². The molecule has 0 aliphatic heterocycles. The zero-order valence-electron chi connectivity index (χ0n) is 15.6. The average molecular weight is 376 g/mol. The second kappa shape index (κ2) is 7.48. The first-order chi connectivity index (χ1) is 13.7. The predicted molar refractivity (Wildman–Crippen MR) is 107 cm³/mol. The molecule has 28 heavy (non-hydrogen) atoms. The molecule has 0 aliphatic rings. The highest BCUT2D eigenvalue weighted by molar-refractivity contribution is 5.67. The maximum atomic E-state index is 9.82. The molecule has 142 valence electrons. The van der Waals surface area contributed by atoms with E-state index in [0.29, 0.717) is 12.3 Å². The fourth-order valence-corrected chi connectivity index (χ4v) is 2.94. The van der Waals surface area contributed by atoms with E-state index in [2.05, 4.69) is 15.4 Å². The van der Waals surface area contributed by atoms with E-state index in [0.717, 1.165) is 34.0 Å². The number of hydrogen-bond donors (Lipinski definition) is 2. The second-order valence-corrected chi connectivity index (χ2v) is 6.22. The van der Waals surface area contributed by atoms with Crippen LogP contribution in [0, 0.1) is 0 Å². The number of hydrogen-bond acceptors (Lipinski definition) is 6. The molecule has 2 heterocycles. The lowest BCUT2D eigenvalue weighted by Crippen LogP contribution is -2.04. The number of methoxy groups -OCH3 is 2. The molecule has 0 saturated heterocycles. The third kappa shape index (κ3) is 3.42. The van der Waals surface area contributed by atoms with E-state index in [4.69, 9.17) is 9.47 Å². The van der Waals surface area contributed by atoms with Crippen molar-refractivity contribution in [3.63, 3.8) is 0 Å². The van der Waals surface area contributed by atoms with Crippen LogP contribution in [0.4, 0.5) is 5.82 Å². The summed E-state index contributed by atoms with van der Waals surface area (Å²) < 4.78 is 12.2. The number of imidazole rings is 1. The highest BCUT2D eigenvalue weighted by Crippen LogP contribution is 2.31. The van der Waals surface area contributed by atoms with Crippen molar-refractivity contribution < 1.29 is 14.6 Å². The summed E-state index contributed by atoms with van der Waals surface area (Å²) in [6, 6.07) is 16.8. The number of fused-ring (bicyclic) bond motifs is 1. The molecule has 0 radical (unpaired) electrons. The summed E-state index contributed by atoms with van der Waals surface area (Å²) in [5.41, 5.74) is 3.51. The zero-order chi connectivity index (χ0) is 19.5. The van der Waals surface area contributed by atoms with Crippen LogP contribution < -0.4 is 14.8 Å². The van der Waals surface area contributed by atoms with Gasteiger partial charge in [-0.15, -0.1) is 5.10 Å². The van der Waals surface area contributed by atoms with Gasteiger partial charge in [0.05, 0.1) is 26.1 Å². The van der Waals surface area contributed by atoms with Crippen LogP contribution in [0.25, 0.3) is 16.9 Å². The Morgan fingerprint density at radius 2 is 1.82 bits per heavy atom. The van der Waals surface area contributed by atoms with E-state index in [9.17, 15) is 5.11 Å². The topological polar surface area (TPSA) is 80.9 Å². The normalized spacial score (nSPS) is 10.8. The fraction of sp³-hybridized carbons (Fsp3) is 0.143. The first-order valence-corrected chi connectivity index (χ1v) is 8.77. The van der Waals surface area contributed by atoms with Gasteiger partial charge in [0.1, 0.15) is 11.6 Å². The fourth-order valence-electron chi connectivity index (χ4n) is 2.94. The quantitative estimate of drug-likeness (QED) is 0.534. The maximum absolute atomic E-state index is 9.82. The molecule has 0 bridgehead atoms. The molecule has 0 unspecified atom stereocenters. The molecule has 0 saturated carbocycles. The lowest BCUT2D eigenvalue weighted by molar-refractivity contribution is 0.373. The Morgan fingerprint density at radius 1 is 1.00 bits per heavy atom. The van der Waals surface area contributed by atoms with Gasteiger partial charge in [-0.05, 0) is 48.0 Å². The Hall–Kier alpha value is -3.74. The van der Waals surface area contributed by atoms with Gasteiger partial charge in [-0.1, -0.05) is 12.1 Å². The van der Waals surface area contributed by atoms with Crippen molar-refractivity contribution in [1.29, 1.82) is 0 Å². The van der Waals surface area contributed by atoms with E-state index in [1.165, 1.54) is 7.11 Å². The molecule has 0 fully saturated rings. The molecular formula is C21H20N4O3. The Morgan fingerprint density at radius 3 is 2.57 bits per heavy atom. The van der Waals surface area contributed by atoms with Crippen LogP contribution in [0.1, 0.15) is 5.56 Å². The Balaban J connectivity index is 1.60. The number of anilines is 1. The largest absolute Gasteiger partial charge is 0.504 e. The zero-order valence-corrected chi connectivity index (χ0v) is 15.6. The van der Waals surface area contributed by atoms with Crippen LogP contribution in [-0.2, 0) is 6.54 Å². The number of phenolic OH excluding ortho intramolecular Hbond substituents is 1. The molecule has 4 aromatic rings.